The van der Waals surface area contributed by atoms with Gasteiger partial charge in [-0.3, -0.25) is 9.36 Å². The second-order valence-electron chi connectivity index (χ2n) is 8.15. The van der Waals surface area contributed by atoms with E-state index in [1.54, 1.807) is 48.8 Å². The maximum atomic E-state index is 13.6. The summed E-state index contributed by atoms with van der Waals surface area (Å²) in [6.45, 7) is 5.52. The molecule has 0 aliphatic carbocycles. The molecular weight excluding hydrogens is 480 g/mol. The quantitative estimate of drug-likeness (QED) is 0.457. The number of esters is 2. The van der Waals surface area contributed by atoms with Gasteiger partial charge < -0.3 is 14.2 Å². The van der Waals surface area contributed by atoms with Gasteiger partial charge in [0.25, 0.3) is 5.56 Å². The van der Waals surface area contributed by atoms with Gasteiger partial charge in [0.05, 0.1) is 35.6 Å². The molecular formula is C27H26N2O6S. The van der Waals surface area contributed by atoms with Crippen LogP contribution in [-0.2, 0) is 19.1 Å². The fourth-order valence-corrected chi connectivity index (χ4v) is 4.92. The monoisotopic (exact) mass is 506 g/mol. The highest BCUT2D eigenvalue weighted by Crippen LogP contribution is 2.30. The molecule has 0 saturated heterocycles. The Kier molecular flexibility index (Phi) is 7.49. The Balaban J connectivity index is 1.77. The van der Waals surface area contributed by atoms with Crippen molar-refractivity contribution in [1.29, 1.82) is 0 Å². The molecule has 36 heavy (non-hydrogen) atoms. The Labute approximate surface area is 211 Å². The number of rotatable bonds is 7. The van der Waals surface area contributed by atoms with Crippen molar-refractivity contribution in [2.45, 2.75) is 26.8 Å². The molecule has 2 aromatic carbocycles. The lowest BCUT2D eigenvalue weighted by Crippen LogP contribution is -2.39. The first-order valence-electron chi connectivity index (χ1n) is 11.4. The molecule has 0 spiro atoms. The number of methoxy groups -OCH3 is 1. The lowest BCUT2D eigenvalue weighted by Gasteiger charge is -2.24. The molecule has 0 amide bonds. The zero-order valence-electron chi connectivity index (χ0n) is 20.4. The van der Waals surface area contributed by atoms with Crippen LogP contribution >= 0.6 is 11.3 Å². The predicted octanol–water partition coefficient (Wildman–Crippen LogP) is 2.66. The molecule has 9 heteroatoms. The smallest absolute Gasteiger partial charge is 0.343 e. The van der Waals surface area contributed by atoms with Gasteiger partial charge in [0, 0.05) is 0 Å². The molecule has 1 atom stereocenters. The number of carbonyl (C=O) groups is 2. The Morgan fingerprint density at radius 1 is 1.08 bits per heavy atom. The summed E-state index contributed by atoms with van der Waals surface area (Å²) in [7, 11) is 1.30. The van der Waals surface area contributed by atoms with Crippen LogP contribution < -0.4 is 19.6 Å². The molecule has 0 bridgehead atoms. The maximum Gasteiger partial charge on any atom is 0.343 e. The van der Waals surface area contributed by atoms with Crippen molar-refractivity contribution < 1.29 is 23.8 Å². The van der Waals surface area contributed by atoms with Crippen LogP contribution in [0.3, 0.4) is 0 Å². The summed E-state index contributed by atoms with van der Waals surface area (Å²) < 4.78 is 17.3. The molecule has 0 radical (unpaired) electrons. The van der Waals surface area contributed by atoms with Crippen molar-refractivity contribution in [2.75, 3.05) is 20.3 Å². The van der Waals surface area contributed by atoms with E-state index in [1.807, 2.05) is 31.2 Å². The normalized spacial score (nSPS) is 15.2. The van der Waals surface area contributed by atoms with Crippen molar-refractivity contribution in [3.8, 4) is 5.75 Å². The number of allylic oxidation sites excluding steroid dienone is 1. The third-order valence-corrected chi connectivity index (χ3v) is 6.66. The van der Waals surface area contributed by atoms with Crippen molar-refractivity contribution in [2.24, 2.45) is 4.99 Å². The lowest BCUT2D eigenvalue weighted by molar-refractivity contribution is -0.143. The third kappa shape index (κ3) is 5.16. The van der Waals surface area contributed by atoms with E-state index in [0.717, 1.165) is 16.7 Å². The first-order valence-corrected chi connectivity index (χ1v) is 12.2. The van der Waals surface area contributed by atoms with E-state index in [1.165, 1.54) is 18.4 Å². The minimum atomic E-state index is -0.642. The summed E-state index contributed by atoms with van der Waals surface area (Å²) in [4.78, 5) is 42.9. The van der Waals surface area contributed by atoms with Crippen LogP contribution in [0, 0.1) is 6.92 Å². The fourth-order valence-electron chi connectivity index (χ4n) is 3.87. The molecule has 186 valence electrons. The minimum absolute atomic E-state index is 0.185. The zero-order valence-corrected chi connectivity index (χ0v) is 21.3. The first-order chi connectivity index (χ1) is 17.3. The Bertz CT molecular complexity index is 1500. The largest absolute Gasteiger partial charge is 0.482 e. The van der Waals surface area contributed by atoms with Crippen LogP contribution in [0.25, 0.3) is 6.08 Å². The van der Waals surface area contributed by atoms with E-state index in [9.17, 15) is 14.4 Å². The van der Waals surface area contributed by atoms with Crippen molar-refractivity contribution in [3.63, 3.8) is 0 Å². The molecule has 3 aromatic rings. The number of carbonyl (C=O) groups excluding carboxylic acids is 2. The zero-order chi connectivity index (χ0) is 25.8. The topological polar surface area (TPSA) is 96.2 Å². The van der Waals surface area contributed by atoms with Gasteiger partial charge in [0.2, 0.25) is 0 Å². The van der Waals surface area contributed by atoms with Crippen LogP contribution in [0.2, 0.25) is 0 Å². The van der Waals surface area contributed by atoms with Gasteiger partial charge in [-0.1, -0.05) is 53.3 Å². The maximum absolute atomic E-state index is 13.6. The SMILES string of the molecule is CCOC(=O)C1=C(C)N=c2s/c(=C/c3ccc(OCC(=O)OC)cc3)c(=O)n2C1c1ccc(C)cc1. The molecule has 0 N–H and O–H groups in total. The highest BCUT2D eigenvalue weighted by Gasteiger charge is 2.33. The highest BCUT2D eigenvalue weighted by atomic mass is 32.1. The molecule has 1 aliphatic rings. The van der Waals surface area contributed by atoms with E-state index in [2.05, 4.69) is 9.73 Å². The average molecular weight is 507 g/mol. The number of ether oxygens (including phenoxy) is 3. The second kappa shape index (κ2) is 10.7. The third-order valence-electron chi connectivity index (χ3n) is 5.67. The minimum Gasteiger partial charge on any atom is -0.482 e. The summed E-state index contributed by atoms with van der Waals surface area (Å²) in [6.07, 6.45) is 1.77. The van der Waals surface area contributed by atoms with Crippen LogP contribution in [-0.4, -0.2) is 36.8 Å². The Hall–Kier alpha value is -3.98. The summed E-state index contributed by atoms with van der Waals surface area (Å²) >= 11 is 1.26. The number of thiazole rings is 1. The number of hydrogen-bond donors (Lipinski definition) is 0. The number of aryl methyl sites for hydroxylation is 1. The van der Waals surface area contributed by atoms with Crippen LogP contribution in [0.4, 0.5) is 0 Å². The van der Waals surface area contributed by atoms with E-state index in [4.69, 9.17) is 9.47 Å². The van der Waals surface area contributed by atoms with Crippen LogP contribution in [0.15, 0.2) is 69.6 Å². The summed E-state index contributed by atoms with van der Waals surface area (Å²) in [5.74, 6) is -0.449. The van der Waals surface area contributed by atoms with Gasteiger partial charge in [-0.15, -0.1) is 0 Å². The summed E-state index contributed by atoms with van der Waals surface area (Å²) in [5.41, 5.74) is 3.29. The number of fused-ring (bicyclic) bond motifs is 1. The van der Waals surface area contributed by atoms with Gasteiger partial charge >= 0.3 is 11.9 Å². The lowest BCUT2D eigenvalue weighted by atomic mass is 9.95. The van der Waals surface area contributed by atoms with Crippen LogP contribution in [0.5, 0.6) is 5.75 Å². The van der Waals surface area contributed by atoms with E-state index in [-0.39, 0.29) is 18.8 Å². The van der Waals surface area contributed by atoms with Gasteiger partial charge in [0.1, 0.15) is 5.75 Å². The van der Waals surface area contributed by atoms with Crippen molar-refractivity contribution >= 4 is 29.4 Å². The molecule has 0 saturated carbocycles. The number of nitrogens with zero attached hydrogens (tertiary/aromatic N) is 2. The molecule has 1 aromatic heterocycles. The standard InChI is InChI=1S/C27H26N2O6S/c1-5-34-26(32)23-17(3)28-27-29(24(23)19-10-6-16(2)7-11-19)25(31)21(36-27)14-18-8-12-20(13-9-18)35-15-22(30)33-4/h6-14,24H,5,15H2,1-4H3/b21-14+. The van der Waals surface area contributed by atoms with Gasteiger partial charge in [0.15, 0.2) is 11.4 Å². The Morgan fingerprint density at radius 2 is 1.78 bits per heavy atom. The van der Waals surface area contributed by atoms with E-state index < -0.39 is 18.0 Å². The molecule has 8 nitrogen and oxygen atoms in total. The second-order valence-corrected chi connectivity index (χ2v) is 9.16. The summed E-state index contributed by atoms with van der Waals surface area (Å²) in [6, 6.07) is 14.1. The molecule has 1 aliphatic heterocycles. The predicted molar refractivity (Wildman–Crippen MR) is 136 cm³/mol. The number of benzene rings is 2. The fraction of sp³-hybridized carbons (Fsp3) is 0.259. The van der Waals surface area contributed by atoms with Crippen molar-refractivity contribution in [1.82, 2.24) is 4.57 Å². The van der Waals surface area contributed by atoms with Gasteiger partial charge in [-0.2, -0.15) is 0 Å². The number of aromatic nitrogens is 1. The first kappa shape index (κ1) is 25.1. The van der Waals surface area contributed by atoms with E-state index in [0.29, 0.717) is 26.4 Å². The molecule has 2 heterocycles. The summed E-state index contributed by atoms with van der Waals surface area (Å²) in [5, 5.41) is 0. The van der Waals surface area contributed by atoms with Crippen LogP contribution in [0.1, 0.15) is 36.6 Å². The molecule has 0 fully saturated rings. The van der Waals surface area contributed by atoms with Gasteiger partial charge in [-0.25, -0.2) is 14.6 Å². The average Bonchev–Trinajstić information content (AvgIpc) is 3.17. The molecule has 1 unspecified atom stereocenters. The Morgan fingerprint density at radius 3 is 2.42 bits per heavy atom. The molecule has 4 rings (SSSR count). The number of hydrogen-bond acceptors (Lipinski definition) is 8. The van der Waals surface area contributed by atoms with Gasteiger partial charge in [-0.05, 0) is 50.1 Å². The van der Waals surface area contributed by atoms with Crippen molar-refractivity contribution in [3.05, 3.63) is 96.2 Å². The van der Waals surface area contributed by atoms with E-state index >= 15 is 0 Å². The highest BCUT2D eigenvalue weighted by molar-refractivity contribution is 7.07.